The lowest BCUT2D eigenvalue weighted by molar-refractivity contribution is 1.33. The molecule has 4 aromatic carbocycles. The second-order valence-electron chi connectivity index (χ2n) is 5.83. The number of rotatable bonds is 0. The van der Waals surface area contributed by atoms with Gasteiger partial charge in [0.05, 0.1) is 11.0 Å². The summed E-state index contributed by atoms with van der Waals surface area (Å²) in [5, 5.41) is 22.7. The molecular formula is C20H8N6. The van der Waals surface area contributed by atoms with Gasteiger partial charge in [0, 0.05) is 21.5 Å². The van der Waals surface area contributed by atoms with Gasteiger partial charge in [-0.2, -0.15) is 20.5 Å². The molecule has 0 N–H and O–H groups in total. The molecule has 6 heteroatoms. The maximum Gasteiger partial charge on any atom is 0.206 e. The summed E-state index contributed by atoms with van der Waals surface area (Å²) in [6, 6.07) is 15.3. The van der Waals surface area contributed by atoms with Gasteiger partial charge in [-0.05, 0) is 0 Å². The highest BCUT2D eigenvalue weighted by molar-refractivity contribution is 6.14. The number of hydrogen-bond acceptors (Lipinski definition) is 6. The van der Waals surface area contributed by atoms with E-state index < -0.39 is 0 Å². The van der Waals surface area contributed by atoms with E-state index in [0.717, 1.165) is 21.5 Å². The van der Waals surface area contributed by atoms with Crippen LogP contribution in [0.2, 0.25) is 0 Å². The van der Waals surface area contributed by atoms with Crippen molar-refractivity contribution in [2.45, 2.75) is 0 Å². The Hall–Kier alpha value is -4.16. The van der Waals surface area contributed by atoms with Crippen molar-refractivity contribution in [3.05, 3.63) is 59.2 Å². The van der Waals surface area contributed by atoms with Gasteiger partial charge in [0.25, 0.3) is 0 Å². The minimum Gasteiger partial charge on any atom is -0.241 e. The van der Waals surface area contributed by atoms with Crippen molar-refractivity contribution in [3.63, 3.8) is 0 Å². The molecule has 0 aliphatic carbocycles. The molecule has 0 amide bonds. The molecule has 0 aliphatic rings. The fourth-order valence-electron chi connectivity index (χ4n) is 3.51. The highest BCUT2D eigenvalue weighted by Gasteiger charge is 2.17. The van der Waals surface area contributed by atoms with E-state index in [-0.39, 0.29) is 0 Å². The fraction of sp³-hybridized carbons (Fsp3) is 0. The van der Waals surface area contributed by atoms with Crippen molar-refractivity contribution < 1.29 is 0 Å². The average molecular weight is 332 g/mol. The fourth-order valence-corrected chi connectivity index (χ4v) is 3.51. The molecule has 26 heavy (non-hydrogen) atoms. The standard InChI is InChI=1S/C20H8N6/c21-9-23-15-11-5-1-3-7-13(11)17-19(15)26-18-14-8-4-2-6-12(14)16(24-10-22)20(18)25-17/h1-8H. The Balaban J connectivity index is 2.15. The van der Waals surface area contributed by atoms with E-state index in [0.29, 0.717) is 32.8 Å². The van der Waals surface area contributed by atoms with Crippen LogP contribution in [0, 0.1) is 22.9 Å². The average Bonchev–Trinajstić information content (AvgIpc) is 3.15. The van der Waals surface area contributed by atoms with Crippen LogP contribution in [0.25, 0.3) is 43.6 Å². The first-order chi connectivity index (χ1) is 12.8. The number of nitriles is 2. The third-order valence-electron chi connectivity index (χ3n) is 4.54. The van der Waals surface area contributed by atoms with Crippen molar-refractivity contribution in [2.75, 3.05) is 0 Å². The molecule has 6 nitrogen and oxygen atoms in total. The van der Waals surface area contributed by atoms with E-state index in [9.17, 15) is 0 Å². The summed E-state index contributed by atoms with van der Waals surface area (Å²) < 4.78 is 0. The molecule has 0 saturated carbocycles. The van der Waals surface area contributed by atoms with E-state index in [1.54, 1.807) is 0 Å². The maximum absolute atomic E-state index is 9.10. The summed E-state index contributed by atoms with van der Waals surface area (Å²) in [6.07, 6.45) is 3.72. The van der Waals surface area contributed by atoms with Crippen molar-refractivity contribution in [3.8, 4) is 12.4 Å². The van der Waals surface area contributed by atoms with E-state index in [2.05, 4.69) is 9.98 Å². The minimum atomic E-state index is 0.525. The van der Waals surface area contributed by atoms with Gasteiger partial charge >= 0.3 is 0 Å². The summed E-state index contributed by atoms with van der Waals surface area (Å²) in [4.78, 5) is 17.5. The van der Waals surface area contributed by atoms with Gasteiger partial charge in [0.15, 0.2) is 0 Å². The van der Waals surface area contributed by atoms with Gasteiger partial charge in [-0.15, -0.1) is 0 Å². The Morgan fingerprint density at radius 2 is 0.962 bits per heavy atom. The van der Waals surface area contributed by atoms with Gasteiger partial charge in [-0.25, -0.2) is 9.97 Å². The molecule has 1 aromatic heterocycles. The lowest BCUT2D eigenvalue weighted by Crippen LogP contribution is -2.03. The summed E-state index contributed by atoms with van der Waals surface area (Å²) in [7, 11) is 0. The number of hydrogen-bond donors (Lipinski definition) is 0. The Morgan fingerprint density at radius 3 is 1.35 bits per heavy atom. The molecule has 0 radical (unpaired) electrons. The zero-order valence-electron chi connectivity index (χ0n) is 13.3. The predicted octanol–water partition coefficient (Wildman–Crippen LogP) is 2.73. The molecule has 0 aliphatic heterocycles. The lowest BCUT2D eigenvalue weighted by Gasteiger charge is -1.93. The highest BCUT2D eigenvalue weighted by atomic mass is 14.9. The van der Waals surface area contributed by atoms with Gasteiger partial charge in [0.1, 0.15) is 21.7 Å². The van der Waals surface area contributed by atoms with Crippen LogP contribution < -0.4 is 10.7 Å². The second-order valence-corrected chi connectivity index (χ2v) is 5.83. The summed E-state index contributed by atoms with van der Waals surface area (Å²) in [5.74, 6) is 0. The maximum atomic E-state index is 9.10. The van der Waals surface area contributed by atoms with Crippen LogP contribution in [0.4, 0.5) is 0 Å². The summed E-state index contributed by atoms with van der Waals surface area (Å²) >= 11 is 0. The first-order valence-electron chi connectivity index (χ1n) is 7.89. The lowest BCUT2D eigenvalue weighted by atomic mass is 10.2. The van der Waals surface area contributed by atoms with E-state index in [1.165, 1.54) is 0 Å². The highest BCUT2D eigenvalue weighted by Crippen LogP contribution is 2.27. The van der Waals surface area contributed by atoms with Gasteiger partial charge in [-0.3, -0.25) is 0 Å². The first-order valence-corrected chi connectivity index (χ1v) is 7.89. The SMILES string of the molecule is N#CN=c1c2ccccc2c2nc3c(=NC#N)c4ccccc4c3nc12. The summed E-state index contributed by atoms with van der Waals surface area (Å²) in [5.41, 5.74) is 2.48. The van der Waals surface area contributed by atoms with Gasteiger partial charge in [-0.1, -0.05) is 48.5 Å². The molecule has 0 fully saturated rings. The van der Waals surface area contributed by atoms with Crippen LogP contribution in [-0.2, 0) is 0 Å². The Bertz CT molecular complexity index is 1430. The topological polar surface area (TPSA) is 98.1 Å². The molecular weight excluding hydrogens is 324 g/mol. The van der Waals surface area contributed by atoms with Gasteiger partial charge < -0.3 is 0 Å². The van der Waals surface area contributed by atoms with Gasteiger partial charge in [0.2, 0.25) is 12.4 Å². The third kappa shape index (κ3) is 1.73. The van der Waals surface area contributed by atoms with E-state index in [4.69, 9.17) is 20.5 Å². The molecule has 118 valence electrons. The van der Waals surface area contributed by atoms with Crippen molar-refractivity contribution in [1.82, 2.24) is 9.97 Å². The summed E-state index contributed by atoms with van der Waals surface area (Å²) in [6.45, 7) is 0. The van der Waals surface area contributed by atoms with Crippen molar-refractivity contribution >= 4 is 43.6 Å². The first kappa shape index (κ1) is 14.2. The van der Waals surface area contributed by atoms with Crippen LogP contribution in [0.5, 0.6) is 0 Å². The Morgan fingerprint density at radius 1 is 0.577 bits per heavy atom. The number of aromatic nitrogens is 2. The molecule has 0 unspecified atom stereocenters. The van der Waals surface area contributed by atoms with Crippen LogP contribution in [0.1, 0.15) is 0 Å². The smallest absolute Gasteiger partial charge is 0.206 e. The Kier molecular flexibility index (Phi) is 2.82. The monoisotopic (exact) mass is 332 g/mol. The molecule has 0 spiro atoms. The Labute approximate surface area is 146 Å². The quantitative estimate of drug-likeness (QED) is 0.407. The van der Waals surface area contributed by atoms with Crippen LogP contribution in [0.15, 0.2) is 58.5 Å². The predicted molar refractivity (Wildman–Crippen MR) is 96.8 cm³/mol. The molecule has 5 rings (SSSR count). The zero-order valence-corrected chi connectivity index (χ0v) is 13.3. The molecule has 0 atom stereocenters. The molecule has 5 aromatic rings. The second kappa shape index (κ2) is 5.17. The molecule has 1 heterocycles. The van der Waals surface area contributed by atoms with Crippen LogP contribution >= 0.6 is 0 Å². The zero-order chi connectivity index (χ0) is 17.7. The van der Waals surface area contributed by atoms with Crippen LogP contribution in [-0.4, -0.2) is 9.97 Å². The van der Waals surface area contributed by atoms with E-state index in [1.807, 2.05) is 60.9 Å². The van der Waals surface area contributed by atoms with Crippen molar-refractivity contribution in [2.24, 2.45) is 9.98 Å². The molecule has 0 saturated heterocycles. The van der Waals surface area contributed by atoms with Crippen molar-refractivity contribution in [1.29, 1.82) is 10.5 Å². The van der Waals surface area contributed by atoms with E-state index >= 15 is 0 Å². The normalized spacial score (nSPS) is 13.0. The minimum absolute atomic E-state index is 0.525. The number of nitrogens with zero attached hydrogens (tertiary/aromatic N) is 6. The third-order valence-corrected chi connectivity index (χ3v) is 4.54. The molecule has 0 bridgehead atoms. The number of fused-ring (bicyclic) bond motifs is 6. The van der Waals surface area contributed by atoms with Crippen LogP contribution in [0.3, 0.4) is 0 Å². The largest absolute Gasteiger partial charge is 0.241 e. The number of benzene rings is 2.